The lowest BCUT2D eigenvalue weighted by Crippen LogP contribution is -2.16. The highest BCUT2D eigenvalue weighted by Crippen LogP contribution is 2.26. The number of nitrogens with one attached hydrogen (secondary N) is 1. The number of hydrazone groups is 1. The number of para-hydroxylation sites is 1. The molecule has 2 aromatic rings. The molecular weight excluding hydrogens is 304 g/mol. The number of hydrogen-bond acceptors (Lipinski definition) is 4. The Labute approximate surface area is 133 Å². The molecular formula is C16H15ClN2O3. The van der Waals surface area contributed by atoms with E-state index in [-0.39, 0.29) is 5.75 Å². The Kier molecular flexibility index (Phi) is 5.38. The lowest BCUT2D eigenvalue weighted by molar-refractivity contribution is 0.171. The molecule has 0 aliphatic carbocycles. The minimum atomic E-state index is -0.678. The molecule has 114 valence electrons. The molecule has 6 heteroatoms. The number of benzene rings is 2. The Hall–Kier alpha value is -2.53. The average molecular weight is 319 g/mol. The third kappa shape index (κ3) is 3.99. The van der Waals surface area contributed by atoms with Crippen LogP contribution in [0.4, 0.5) is 4.79 Å². The standard InChI is InChI=1S/C16H15ClN2O3/c1-22-16(21)19-18-10-13-7-4-6-12(15(13)20)9-11-5-2-3-8-14(11)17/h2-8,10,20H,9H2,1H3,(H,19,21). The van der Waals surface area contributed by atoms with Gasteiger partial charge in [-0.15, -0.1) is 0 Å². The van der Waals surface area contributed by atoms with Crippen LogP contribution in [0.3, 0.4) is 0 Å². The van der Waals surface area contributed by atoms with Crippen LogP contribution in [0, 0.1) is 0 Å². The summed E-state index contributed by atoms with van der Waals surface area (Å²) in [7, 11) is 1.24. The highest BCUT2D eigenvalue weighted by atomic mass is 35.5. The Balaban J connectivity index is 2.19. The summed E-state index contributed by atoms with van der Waals surface area (Å²) in [6.07, 6.45) is 1.17. The molecule has 0 spiro atoms. The van der Waals surface area contributed by atoms with Crippen LogP contribution in [0.15, 0.2) is 47.6 Å². The Bertz CT molecular complexity index is 702. The first-order valence-electron chi connectivity index (χ1n) is 6.53. The number of phenolic OH excluding ortho intramolecular Hbond substituents is 1. The van der Waals surface area contributed by atoms with Crippen LogP contribution in [-0.4, -0.2) is 24.5 Å². The van der Waals surface area contributed by atoms with Crippen LogP contribution in [0.1, 0.15) is 16.7 Å². The van der Waals surface area contributed by atoms with Crippen LogP contribution in [0.2, 0.25) is 5.02 Å². The third-order valence-corrected chi connectivity index (χ3v) is 3.40. The maximum atomic E-state index is 10.9. The normalized spacial score (nSPS) is 10.6. The molecule has 2 aromatic carbocycles. The van der Waals surface area contributed by atoms with Gasteiger partial charge in [0.15, 0.2) is 0 Å². The molecule has 22 heavy (non-hydrogen) atoms. The number of ether oxygens (including phenoxy) is 1. The first kappa shape index (κ1) is 15.9. The fourth-order valence-corrected chi connectivity index (χ4v) is 2.11. The van der Waals surface area contributed by atoms with E-state index in [1.807, 2.05) is 24.3 Å². The summed E-state index contributed by atoms with van der Waals surface area (Å²) in [6.45, 7) is 0. The van der Waals surface area contributed by atoms with Gasteiger partial charge in [-0.25, -0.2) is 10.2 Å². The van der Waals surface area contributed by atoms with Gasteiger partial charge in [0.2, 0.25) is 0 Å². The van der Waals surface area contributed by atoms with E-state index in [0.29, 0.717) is 17.0 Å². The van der Waals surface area contributed by atoms with Crippen molar-refractivity contribution in [2.45, 2.75) is 6.42 Å². The number of halogens is 1. The lowest BCUT2D eigenvalue weighted by atomic mass is 10.0. The van der Waals surface area contributed by atoms with E-state index in [9.17, 15) is 9.90 Å². The van der Waals surface area contributed by atoms with Gasteiger partial charge in [0.25, 0.3) is 0 Å². The van der Waals surface area contributed by atoms with E-state index in [1.54, 1.807) is 18.2 Å². The van der Waals surface area contributed by atoms with Gasteiger partial charge in [0.1, 0.15) is 5.75 Å². The van der Waals surface area contributed by atoms with E-state index < -0.39 is 6.09 Å². The van der Waals surface area contributed by atoms with Crippen molar-refractivity contribution in [2.24, 2.45) is 5.10 Å². The minimum Gasteiger partial charge on any atom is -0.507 e. The molecule has 0 aliphatic rings. The molecule has 0 saturated heterocycles. The summed E-state index contributed by atoms with van der Waals surface area (Å²) in [5, 5.41) is 14.6. The maximum absolute atomic E-state index is 10.9. The summed E-state index contributed by atoms with van der Waals surface area (Å²) < 4.78 is 4.39. The van der Waals surface area contributed by atoms with Crippen molar-refractivity contribution in [3.8, 4) is 5.75 Å². The van der Waals surface area contributed by atoms with Crippen LogP contribution < -0.4 is 5.43 Å². The summed E-state index contributed by atoms with van der Waals surface area (Å²) >= 11 is 6.13. The molecule has 0 aliphatic heterocycles. The number of methoxy groups -OCH3 is 1. The smallest absolute Gasteiger partial charge is 0.427 e. The van der Waals surface area contributed by atoms with Crippen LogP contribution in [-0.2, 0) is 11.2 Å². The minimum absolute atomic E-state index is 0.0952. The number of rotatable bonds is 4. The number of carbonyl (C=O) groups excluding carboxylic acids is 1. The summed E-state index contributed by atoms with van der Waals surface area (Å²) in [5.74, 6) is 0.0952. The number of hydrogen-bond donors (Lipinski definition) is 2. The van der Waals surface area contributed by atoms with E-state index in [2.05, 4.69) is 15.3 Å². The van der Waals surface area contributed by atoms with Gasteiger partial charge in [-0.3, -0.25) is 0 Å². The Morgan fingerprint density at radius 2 is 2.00 bits per heavy atom. The van der Waals surface area contributed by atoms with Crippen molar-refractivity contribution in [3.63, 3.8) is 0 Å². The second-order valence-corrected chi connectivity index (χ2v) is 4.89. The molecule has 0 atom stereocenters. The SMILES string of the molecule is COC(=O)NN=Cc1cccc(Cc2ccccc2Cl)c1O. The van der Waals surface area contributed by atoms with Crippen molar-refractivity contribution in [3.05, 3.63) is 64.2 Å². The Morgan fingerprint density at radius 3 is 2.73 bits per heavy atom. The predicted octanol–water partition coefficient (Wildman–Crippen LogP) is 3.33. The molecule has 0 heterocycles. The predicted molar refractivity (Wildman–Crippen MR) is 85.5 cm³/mol. The van der Waals surface area contributed by atoms with Gasteiger partial charge >= 0.3 is 6.09 Å². The largest absolute Gasteiger partial charge is 0.507 e. The van der Waals surface area contributed by atoms with Crippen molar-refractivity contribution in [1.82, 2.24) is 5.43 Å². The topological polar surface area (TPSA) is 70.9 Å². The second-order valence-electron chi connectivity index (χ2n) is 4.48. The molecule has 1 amide bonds. The van der Waals surface area contributed by atoms with Gasteiger partial charge in [0.05, 0.1) is 13.3 Å². The van der Waals surface area contributed by atoms with Gasteiger partial charge < -0.3 is 9.84 Å². The summed E-state index contributed by atoms with van der Waals surface area (Å²) in [4.78, 5) is 10.9. The second kappa shape index (κ2) is 7.47. The van der Waals surface area contributed by atoms with Gasteiger partial charge in [-0.05, 0) is 23.3 Å². The molecule has 2 rings (SSSR count). The summed E-state index contributed by atoms with van der Waals surface area (Å²) in [6, 6.07) is 12.8. The van der Waals surface area contributed by atoms with E-state index in [0.717, 1.165) is 11.1 Å². The molecule has 0 radical (unpaired) electrons. The van der Waals surface area contributed by atoms with Crippen molar-refractivity contribution < 1.29 is 14.6 Å². The van der Waals surface area contributed by atoms with Gasteiger partial charge in [0, 0.05) is 17.0 Å². The zero-order valence-electron chi connectivity index (χ0n) is 11.9. The molecule has 0 aromatic heterocycles. The molecule has 5 nitrogen and oxygen atoms in total. The monoisotopic (exact) mass is 318 g/mol. The molecule has 0 bridgehead atoms. The zero-order chi connectivity index (χ0) is 15.9. The number of nitrogens with zero attached hydrogens (tertiary/aromatic N) is 1. The number of amides is 1. The van der Waals surface area contributed by atoms with Gasteiger partial charge in [-0.2, -0.15) is 5.10 Å². The van der Waals surface area contributed by atoms with E-state index in [1.165, 1.54) is 13.3 Å². The average Bonchev–Trinajstić information content (AvgIpc) is 2.52. The molecule has 0 fully saturated rings. The molecule has 0 saturated carbocycles. The first-order chi connectivity index (χ1) is 10.6. The third-order valence-electron chi connectivity index (χ3n) is 3.03. The fourth-order valence-electron chi connectivity index (χ4n) is 1.91. The number of aromatic hydroxyl groups is 1. The van der Waals surface area contributed by atoms with E-state index in [4.69, 9.17) is 11.6 Å². The van der Waals surface area contributed by atoms with E-state index >= 15 is 0 Å². The quantitative estimate of drug-likeness (QED) is 0.671. The zero-order valence-corrected chi connectivity index (χ0v) is 12.7. The Morgan fingerprint density at radius 1 is 1.27 bits per heavy atom. The number of carbonyl (C=O) groups is 1. The van der Waals surface area contributed by atoms with Crippen molar-refractivity contribution in [2.75, 3.05) is 7.11 Å². The highest BCUT2D eigenvalue weighted by Gasteiger charge is 2.08. The van der Waals surface area contributed by atoms with Crippen molar-refractivity contribution in [1.29, 1.82) is 0 Å². The number of phenols is 1. The molecule has 2 N–H and O–H groups in total. The maximum Gasteiger partial charge on any atom is 0.427 e. The van der Waals surface area contributed by atoms with Crippen LogP contribution >= 0.6 is 11.6 Å². The summed E-state index contributed by atoms with van der Waals surface area (Å²) in [5.41, 5.74) is 4.28. The lowest BCUT2D eigenvalue weighted by Gasteiger charge is -2.08. The first-order valence-corrected chi connectivity index (χ1v) is 6.91. The highest BCUT2D eigenvalue weighted by molar-refractivity contribution is 6.31. The van der Waals surface area contributed by atoms with Crippen LogP contribution in [0.25, 0.3) is 0 Å². The van der Waals surface area contributed by atoms with Crippen LogP contribution in [0.5, 0.6) is 5.75 Å². The fraction of sp³-hybridized carbons (Fsp3) is 0.125. The van der Waals surface area contributed by atoms with Crippen molar-refractivity contribution >= 4 is 23.9 Å². The molecule has 0 unspecified atom stereocenters. The van der Waals surface area contributed by atoms with Gasteiger partial charge in [-0.1, -0.05) is 41.9 Å².